The predicted molar refractivity (Wildman–Crippen MR) is 114 cm³/mol. The average molecular weight is 387 g/mol. The van der Waals surface area contributed by atoms with E-state index in [-0.39, 0.29) is 5.75 Å². The van der Waals surface area contributed by atoms with E-state index in [4.69, 9.17) is 21.6 Å². The van der Waals surface area contributed by atoms with Gasteiger partial charge in [-0.05, 0) is 42.5 Å². The molecule has 0 aliphatic rings. The summed E-state index contributed by atoms with van der Waals surface area (Å²) in [6, 6.07) is 18.9. The van der Waals surface area contributed by atoms with Crippen molar-refractivity contribution in [2.45, 2.75) is 0 Å². The van der Waals surface area contributed by atoms with Gasteiger partial charge in [-0.15, -0.1) is 0 Å². The molecular formula is C22H15ClN4O. The van der Waals surface area contributed by atoms with Crippen LogP contribution in [-0.2, 0) is 7.05 Å². The lowest BCUT2D eigenvalue weighted by Gasteiger charge is -2.01. The Balaban J connectivity index is 1.67. The Morgan fingerprint density at radius 2 is 1.79 bits per heavy atom. The summed E-state index contributed by atoms with van der Waals surface area (Å²) in [5.41, 5.74) is 5.78. The molecule has 28 heavy (non-hydrogen) atoms. The van der Waals surface area contributed by atoms with Crippen LogP contribution in [0.25, 0.3) is 33.1 Å². The number of phenols is 1. The highest BCUT2D eigenvalue weighted by Gasteiger charge is 2.12. The molecule has 5 nitrogen and oxygen atoms in total. The minimum absolute atomic E-state index is 0.0245. The monoisotopic (exact) mass is 386 g/mol. The third kappa shape index (κ3) is 2.60. The van der Waals surface area contributed by atoms with Gasteiger partial charge in [0.15, 0.2) is 5.65 Å². The van der Waals surface area contributed by atoms with E-state index in [1.54, 1.807) is 24.4 Å². The molecule has 0 saturated carbocycles. The number of phenolic OH excluding ortho intramolecular Hbond substituents is 1. The second-order valence-corrected chi connectivity index (χ2v) is 6.99. The molecule has 0 atom stereocenters. The number of halogens is 1. The van der Waals surface area contributed by atoms with Crippen molar-refractivity contribution in [3.63, 3.8) is 0 Å². The first-order chi connectivity index (χ1) is 13.6. The minimum atomic E-state index is 0.0245. The van der Waals surface area contributed by atoms with Gasteiger partial charge in [0.2, 0.25) is 0 Å². The normalized spacial score (nSPS) is 11.9. The van der Waals surface area contributed by atoms with Crippen LogP contribution in [0.15, 0.2) is 65.7 Å². The maximum absolute atomic E-state index is 10.0. The quantitative estimate of drug-likeness (QED) is 0.414. The number of nitrogens with zero attached hydrogens (tertiary/aromatic N) is 4. The largest absolute Gasteiger partial charge is 0.506 e. The Labute approximate surface area is 165 Å². The smallest absolute Gasteiger partial charge is 0.160 e. The highest BCUT2D eigenvalue weighted by molar-refractivity contribution is 6.32. The van der Waals surface area contributed by atoms with E-state index in [9.17, 15) is 5.11 Å². The van der Waals surface area contributed by atoms with Gasteiger partial charge in [0, 0.05) is 24.2 Å². The molecule has 1 N–H and O–H groups in total. The van der Waals surface area contributed by atoms with E-state index in [2.05, 4.69) is 4.99 Å². The van der Waals surface area contributed by atoms with Crippen LogP contribution in [0.3, 0.4) is 0 Å². The lowest BCUT2D eigenvalue weighted by molar-refractivity contribution is 0.475. The molecule has 3 aromatic carbocycles. The van der Waals surface area contributed by atoms with Crippen LogP contribution < -0.4 is 0 Å². The molecule has 0 spiro atoms. The van der Waals surface area contributed by atoms with Crippen LogP contribution in [0.5, 0.6) is 5.75 Å². The second-order valence-electron chi connectivity index (χ2n) is 6.58. The second kappa shape index (κ2) is 6.32. The molecule has 136 valence electrons. The molecule has 0 amide bonds. The Bertz CT molecular complexity index is 1400. The van der Waals surface area contributed by atoms with Crippen molar-refractivity contribution in [2.24, 2.45) is 12.0 Å². The molecule has 0 aliphatic carbocycles. The molecule has 0 saturated heterocycles. The van der Waals surface area contributed by atoms with Gasteiger partial charge in [-0.3, -0.25) is 4.99 Å². The highest BCUT2D eigenvalue weighted by atomic mass is 35.5. The maximum atomic E-state index is 10.0. The molecule has 0 unspecified atom stereocenters. The molecule has 2 aromatic heterocycles. The summed E-state index contributed by atoms with van der Waals surface area (Å²) in [6.45, 7) is 0. The average Bonchev–Trinajstić information content (AvgIpc) is 2.99. The Kier molecular flexibility index (Phi) is 3.77. The Morgan fingerprint density at radius 1 is 1.00 bits per heavy atom. The predicted octanol–water partition coefficient (Wildman–Crippen LogP) is 5.38. The molecule has 5 rings (SSSR count). The number of hydrogen-bond donors (Lipinski definition) is 1. The number of fused-ring (bicyclic) bond motifs is 4. The van der Waals surface area contributed by atoms with Crippen LogP contribution in [0.2, 0.25) is 5.02 Å². The standard InChI is InChI=1S/C22H15ClN4O/c1-27-19-10-9-14(24-12-13-5-4-6-16(23)21(13)28)11-15(19)20-22(27)26-18-8-3-2-7-17(18)25-20/h2-12,28H,1H3. The third-order valence-corrected chi connectivity index (χ3v) is 5.14. The first kappa shape index (κ1) is 16.7. The lowest BCUT2D eigenvalue weighted by Crippen LogP contribution is -1.91. The van der Waals surface area contributed by atoms with Crippen molar-refractivity contribution in [2.75, 3.05) is 0 Å². The van der Waals surface area contributed by atoms with E-state index in [1.807, 2.05) is 54.1 Å². The van der Waals surface area contributed by atoms with Crippen molar-refractivity contribution in [1.29, 1.82) is 0 Å². The van der Waals surface area contributed by atoms with Gasteiger partial charge in [-0.25, -0.2) is 9.97 Å². The molecule has 5 aromatic rings. The molecule has 0 radical (unpaired) electrons. The van der Waals surface area contributed by atoms with E-state index in [0.29, 0.717) is 10.6 Å². The zero-order valence-corrected chi connectivity index (χ0v) is 15.7. The van der Waals surface area contributed by atoms with Crippen LogP contribution >= 0.6 is 11.6 Å². The fraction of sp³-hybridized carbons (Fsp3) is 0.0455. The molecule has 0 bridgehead atoms. The summed E-state index contributed by atoms with van der Waals surface area (Å²) in [4.78, 5) is 14.1. The molecule has 0 fully saturated rings. The van der Waals surface area contributed by atoms with Crippen molar-refractivity contribution >= 4 is 56.6 Å². The zero-order valence-electron chi connectivity index (χ0n) is 15.0. The van der Waals surface area contributed by atoms with E-state index < -0.39 is 0 Å². The summed E-state index contributed by atoms with van der Waals surface area (Å²) in [5, 5.41) is 11.3. The van der Waals surface area contributed by atoms with Gasteiger partial charge in [0.25, 0.3) is 0 Å². The van der Waals surface area contributed by atoms with Gasteiger partial charge in [0.1, 0.15) is 11.3 Å². The van der Waals surface area contributed by atoms with Gasteiger partial charge in [0.05, 0.1) is 27.3 Å². The van der Waals surface area contributed by atoms with Gasteiger partial charge >= 0.3 is 0 Å². The number of aliphatic imine (C=N–C) groups is 1. The summed E-state index contributed by atoms with van der Waals surface area (Å²) in [7, 11) is 1.99. The van der Waals surface area contributed by atoms with Crippen LogP contribution in [0, 0.1) is 0 Å². The number of aryl methyl sites for hydroxylation is 1. The number of benzene rings is 3. The van der Waals surface area contributed by atoms with E-state index in [0.717, 1.165) is 38.8 Å². The molecular weight excluding hydrogens is 372 g/mol. The topological polar surface area (TPSA) is 63.3 Å². The van der Waals surface area contributed by atoms with Gasteiger partial charge in [-0.2, -0.15) is 0 Å². The van der Waals surface area contributed by atoms with Gasteiger partial charge in [-0.1, -0.05) is 29.8 Å². The summed E-state index contributed by atoms with van der Waals surface area (Å²) in [6.07, 6.45) is 1.61. The SMILES string of the molecule is Cn1c2ccc(N=Cc3cccc(Cl)c3O)cc2c2nc3ccccc3nc21. The summed E-state index contributed by atoms with van der Waals surface area (Å²) in [5.74, 6) is 0.0245. The first-order valence-electron chi connectivity index (χ1n) is 8.78. The molecule has 6 heteroatoms. The van der Waals surface area contributed by atoms with Crippen LogP contribution in [-0.4, -0.2) is 25.9 Å². The summed E-state index contributed by atoms with van der Waals surface area (Å²) < 4.78 is 2.04. The van der Waals surface area contributed by atoms with E-state index >= 15 is 0 Å². The van der Waals surface area contributed by atoms with Crippen molar-refractivity contribution < 1.29 is 5.11 Å². The Morgan fingerprint density at radius 3 is 2.61 bits per heavy atom. The van der Waals surface area contributed by atoms with E-state index in [1.165, 1.54) is 0 Å². The fourth-order valence-electron chi connectivity index (χ4n) is 3.39. The molecule has 0 aliphatic heterocycles. The van der Waals surface area contributed by atoms with Crippen molar-refractivity contribution in [1.82, 2.24) is 14.5 Å². The number of para-hydroxylation sites is 3. The van der Waals surface area contributed by atoms with Crippen molar-refractivity contribution in [3.05, 3.63) is 71.2 Å². The third-order valence-electron chi connectivity index (χ3n) is 4.84. The first-order valence-corrected chi connectivity index (χ1v) is 9.16. The van der Waals surface area contributed by atoms with Crippen LogP contribution in [0.1, 0.15) is 5.56 Å². The maximum Gasteiger partial charge on any atom is 0.160 e. The van der Waals surface area contributed by atoms with Crippen molar-refractivity contribution in [3.8, 4) is 5.75 Å². The van der Waals surface area contributed by atoms with Gasteiger partial charge < -0.3 is 9.67 Å². The number of aromatic nitrogens is 3. The molecule has 2 heterocycles. The minimum Gasteiger partial charge on any atom is -0.506 e. The highest BCUT2D eigenvalue weighted by Crippen LogP contribution is 2.31. The number of hydrogen-bond acceptors (Lipinski definition) is 4. The number of rotatable bonds is 2. The van der Waals surface area contributed by atoms with Crippen LogP contribution in [0.4, 0.5) is 5.69 Å². The summed E-state index contributed by atoms with van der Waals surface area (Å²) >= 11 is 5.96. The fourth-order valence-corrected chi connectivity index (χ4v) is 3.57. The zero-order chi connectivity index (χ0) is 19.3. The Hall–Kier alpha value is -3.44. The lowest BCUT2D eigenvalue weighted by atomic mass is 10.2. The number of aromatic hydroxyl groups is 1.